The highest BCUT2D eigenvalue weighted by Crippen LogP contribution is 2.24. The van der Waals surface area contributed by atoms with Gasteiger partial charge in [0.25, 0.3) is 0 Å². The number of hydrogen-bond acceptors (Lipinski definition) is 5. The summed E-state index contributed by atoms with van der Waals surface area (Å²) in [7, 11) is 0. The third kappa shape index (κ3) is 3.29. The van der Waals surface area contributed by atoms with E-state index in [1.54, 1.807) is 24.3 Å². The molecule has 3 aromatic rings. The molecule has 0 spiro atoms. The van der Waals surface area contributed by atoms with Crippen LogP contribution in [0.2, 0.25) is 0 Å². The molecule has 2 heterocycles. The summed E-state index contributed by atoms with van der Waals surface area (Å²) in [5.41, 5.74) is 7.24. The molecule has 0 saturated carbocycles. The SMILES string of the molecule is CC[C@@H](C)Nc1nc(Nc2ccc(C(N)=O)cc2)nc2[nH]ccc12. The molecule has 0 fully saturated rings. The van der Waals surface area contributed by atoms with Crippen LogP contribution in [0.15, 0.2) is 36.5 Å². The highest BCUT2D eigenvalue weighted by Gasteiger charge is 2.11. The molecule has 124 valence electrons. The van der Waals surface area contributed by atoms with Gasteiger partial charge in [0.15, 0.2) is 0 Å². The molecule has 7 heteroatoms. The number of benzene rings is 1. The summed E-state index contributed by atoms with van der Waals surface area (Å²) in [6.07, 6.45) is 2.83. The Labute approximate surface area is 139 Å². The molecule has 0 unspecified atom stereocenters. The Bertz CT molecular complexity index is 855. The zero-order chi connectivity index (χ0) is 17.1. The topological polar surface area (TPSA) is 109 Å². The van der Waals surface area contributed by atoms with E-state index in [1.807, 2.05) is 12.3 Å². The van der Waals surface area contributed by atoms with Crippen molar-refractivity contribution in [2.45, 2.75) is 26.3 Å². The van der Waals surface area contributed by atoms with Crippen LogP contribution in [0.5, 0.6) is 0 Å². The van der Waals surface area contributed by atoms with Gasteiger partial charge in [0.1, 0.15) is 11.5 Å². The van der Waals surface area contributed by atoms with Crippen molar-refractivity contribution < 1.29 is 4.79 Å². The van der Waals surface area contributed by atoms with E-state index in [9.17, 15) is 4.79 Å². The maximum Gasteiger partial charge on any atom is 0.248 e. The van der Waals surface area contributed by atoms with Crippen LogP contribution in [0.4, 0.5) is 17.5 Å². The largest absolute Gasteiger partial charge is 0.367 e. The Morgan fingerprint density at radius 1 is 1.25 bits per heavy atom. The number of hydrogen-bond donors (Lipinski definition) is 4. The minimum atomic E-state index is -0.453. The molecule has 0 aliphatic carbocycles. The maximum atomic E-state index is 11.1. The Kier molecular flexibility index (Phi) is 4.33. The number of anilines is 3. The van der Waals surface area contributed by atoms with Crippen molar-refractivity contribution in [2.75, 3.05) is 10.6 Å². The summed E-state index contributed by atoms with van der Waals surface area (Å²) >= 11 is 0. The van der Waals surface area contributed by atoms with Crippen LogP contribution < -0.4 is 16.4 Å². The summed E-state index contributed by atoms with van der Waals surface area (Å²) in [6, 6.07) is 9.12. The van der Waals surface area contributed by atoms with Crippen molar-refractivity contribution in [1.29, 1.82) is 0 Å². The number of aromatic amines is 1. The zero-order valence-corrected chi connectivity index (χ0v) is 13.6. The van der Waals surface area contributed by atoms with Gasteiger partial charge in [-0.1, -0.05) is 6.92 Å². The predicted octanol–water partition coefficient (Wildman–Crippen LogP) is 3.01. The number of amides is 1. The van der Waals surface area contributed by atoms with Crippen molar-refractivity contribution in [3.63, 3.8) is 0 Å². The van der Waals surface area contributed by atoms with E-state index in [2.05, 4.69) is 39.4 Å². The van der Waals surface area contributed by atoms with Crippen LogP contribution >= 0.6 is 0 Å². The van der Waals surface area contributed by atoms with E-state index in [4.69, 9.17) is 5.73 Å². The van der Waals surface area contributed by atoms with Gasteiger partial charge in [0, 0.05) is 23.5 Å². The molecule has 0 aliphatic rings. The second-order valence-corrected chi connectivity index (χ2v) is 5.66. The molecule has 0 saturated heterocycles. The van der Waals surface area contributed by atoms with Crippen LogP contribution in [0.25, 0.3) is 11.0 Å². The Morgan fingerprint density at radius 3 is 2.67 bits per heavy atom. The number of aromatic nitrogens is 3. The summed E-state index contributed by atoms with van der Waals surface area (Å²) in [5.74, 6) is 0.806. The Hall–Kier alpha value is -3.09. The summed E-state index contributed by atoms with van der Waals surface area (Å²) in [4.78, 5) is 23.3. The molecule has 5 N–H and O–H groups in total. The van der Waals surface area contributed by atoms with Gasteiger partial charge < -0.3 is 21.4 Å². The van der Waals surface area contributed by atoms with E-state index in [0.717, 1.165) is 29.0 Å². The second kappa shape index (κ2) is 6.57. The van der Waals surface area contributed by atoms with Crippen LogP contribution in [-0.2, 0) is 0 Å². The first-order valence-corrected chi connectivity index (χ1v) is 7.85. The first-order valence-electron chi connectivity index (χ1n) is 7.85. The lowest BCUT2D eigenvalue weighted by Gasteiger charge is -2.14. The summed E-state index contributed by atoms with van der Waals surface area (Å²) in [5, 5.41) is 7.50. The Morgan fingerprint density at radius 2 is 2.00 bits per heavy atom. The van der Waals surface area contributed by atoms with Gasteiger partial charge in [-0.15, -0.1) is 0 Å². The smallest absolute Gasteiger partial charge is 0.248 e. The van der Waals surface area contributed by atoms with Crippen LogP contribution in [0, 0.1) is 0 Å². The number of nitrogens with two attached hydrogens (primary N) is 1. The van der Waals surface area contributed by atoms with E-state index >= 15 is 0 Å². The fraction of sp³-hybridized carbons (Fsp3) is 0.235. The van der Waals surface area contributed by atoms with Crippen molar-refractivity contribution in [3.05, 3.63) is 42.1 Å². The lowest BCUT2D eigenvalue weighted by atomic mass is 10.2. The average Bonchev–Trinajstić information content (AvgIpc) is 3.04. The van der Waals surface area contributed by atoms with Gasteiger partial charge in [0.2, 0.25) is 11.9 Å². The highest BCUT2D eigenvalue weighted by atomic mass is 16.1. The molecule has 1 amide bonds. The van der Waals surface area contributed by atoms with Gasteiger partial charge in [-0.05, 0) is 43.7 Å². The fourth-order valence-electron chi connectivity index (χ4n) is 2.29. The molecule has 1 atom stereocenters. The van der Waals surface area contributed by atoms with Gasteiger partial charge in [0.05, 0.1) is 5.39 Å². The first-order chi connectivity index (χ1) is 11.6. The number of nitrogens with one attached hydrogen (secondary N) is 3. The van der Waals surface area contributed by atoms with E-state index in [1.165, 1.54) is 0 Å². The fourth-order valence-corrected chi connectivity index (χ4v) is 2.29. The number of carbonyl (C=O) groups is 1. The lowest BCUT2D eigenvalue weighted by Crippen LogP contribution is -2.15. The average molecular weight is 324 g/mol. The summed E-state index contributed by atoms with van der Waals surface area (Å²) < 4.78 is 0. The molecular formula is C17H20N6O. The van der Waals surface area contributed by atoms with Crippen molar-refractivity contribution in [1.82, 2.24) is 15.0 Å². The van der Waals surface area contributed by atoms with Crippen molar-refractivity contribution in [2.24, 2.45) is 5.73 Å². The van der Waals surface area contributed by atoms with Gasteiger partial charge >= 0.3 is 0 Å². The monoisotopic (exact) mass is 324 g/mol. The molecule has 7 nitrogen and oxygen atoms in total. The number of nitrogens with zero attached hydrogens (tertiary/aromatic N) is 2. The molecule has 24 heavy (non-hydrogen) atoms. The third-order valence-electron chi connectivity index (χ3n) is 3.84. The number of rotatable bonds is 6. The minimum absolute atomic E-state index is 0.306. The van der Waals surface area contributed by atoms with E-state index in [0.29, 0.717) is 17.6 Å². The van der Waals surface area contributed by atoms with Gasteiger partial charge in [-0.2, -0.15) is 9.97 Å². The third-order valence-corrected chi connectivity index (χ3v) is 3.84. The molecule has 3 rings (SSSR count). The molecule has 0 radical (unpaired) electrons. The molecule has 0 bridgehead atoms. The quantitative estimate of drug-likeness (QED) is 0.557. The first kappa shape index (κ1) is 15.8. The maximum absolute atomic E-state index is 11.1. The number of fused-ring (bicyclic) bond motifs is 1. The standard InChI is InChI=1S/C17H20N6O/c1-3-10(2)20-16-13-8-9-19-15(13)22-17(23-16)21-12-6-4-11(5-7-12)14(18)24/h4-10H,3H2,1-2H3,(H2,18,24)(H3,19,20,21,22,23)/t10-/m1/s1. The predicted molar refractivity (Wildman–Crippen MR) is 95.5 cm³/mol. The second-order valence-electron chi connectivity index (χ2n) is 5.66. The summed E-state index contributed by atoms with van der Waals surface area (Å²) in [6.45, 7) is 4.23. The highest BCUT2D eigenvalue weighted by molar-refractivity contribution is 5.93. The Balaban J connectivity index is 1.90. The molecule has 1 aromatic carbocycles. The van der Waals surface area contributed by atoms with E-state index < -0.39 is 5.91 Å². The normalized spacial score (nSPS) is 12.1. The number of H-pyrrole nitrogens is 1. The van der Waals surface area contributed by atoms with Crippen LogP contribution in [-0.4, -0.2) is 26.9 Å². The molecular weight excluding hydrogens is 304 g/mol. The molecule has 2 aromatic heterocycles. The van der Waals surface area contributed by atoms with Crippen molar-refractivity contribution in [3.8, 4) is 0 Å². The van der Waals surface area contributed by atoms with Crippen LogP contribution in [0.3, 0.4) is 0 Å². The van der Waals surface area contributed by atoms with Gasteiger partial charge in [-0.3, -0.25) is 4.79 Å². The van der Waals surface area contributed by atoms with Crippen molar-refractivity contribution >= 4 is 34.4 Å². The van der Waals surface area contributed by atoms with Gasteiger partial charge in [-0.25, -0.2) is 0 Å². The number of carbonyl (C=O) groups excluding carboxylic acids is 1. The van der Waals surface area contributed by atoms with Crippen LogP contribution in [0.1, 0.15) is 30.6 Å². The number of primary amides is 1. The lowest BCUT2D eigenvalue weighted by molar-refractivity contribution is 0.100. The van der Waals surface area contributed by atoms with E-state index in [-0.39, 0.29) is 0 Å². The zero-order valence-electron chi connectivity index (χ0n) is 13.6. The minimum Gasteiger partial charge on any atom is -0.367 e. The molecule has 0 aliphatic heterocycles.